The maximum absolute atomic E-state index is 12.1. The number of hydrogen-bond donors (Lipinski definition) is 3. The van der Waals surface area contributed by atoms with Gasteiger partial charge < -0.3 is 15.3 Å². The highest BCUT2D eigenvalue weighted by Crippen LogP contribution is 2.22. The van der Waals surface area contributed by atoms with E-state index < -0.39 is 36.4 Å². The van der Waals surface area contributed by atoms with Gasteiger partial charge in [-0.15, -0.1) is 0 Å². The average molecular weight is 320 g/mol. The minimum atomic E-state index is -5.06. The second-order valence-electron chi connectivity index (χ2n) is 4.67. The molecule has 0 aliphatic heterocycles. The van der Waals surface area contributed by atoms with Crippen molar-refractivity contribution in [3.8, 4) is 0 Å². The van der Waals surface area contributed by atoms with Gasteiger partial charge in [-0.05, 0) is 12.0 Å². The number of ketones is 2. The van der Waals surface area contributed by atoms with Crippen LogP contribution in [0.15, 0.2) is 24.3 Å². The SMILES string of the molecule is O=C(CC(=O)C(F)(F)F)c1ccc(C(O)C(O)CCO)cc1. The molecule has 22 heavy (non-hydrogen) atoms. The van der Waals surface area contributed by atoms with Crippen molar-refractivity contribution < 1.29 is 38.1 Å². The molecule has 0 aliphatic rings. The molecule has 3 N–H and O–H groups in total. The number of aliphatic hydroxyl groups is 3. The fourth-order valence-corrected chi connectivity index (χ4v) is 1.73. The van der Waals surface area contributed by atoms with Crippen molar-refractivity contribution in [3.63, 3.8) is 0 Å². The fourth-order valence-electron chi connectivity index (χ4n) is 1.73. The molecule has 2 unspecified atom stereocenters. The van der Waals surface area contributed by atoms with Gasteiger partial charge in [0.25, 0.3) is 0 Å². The van der Waals surface area contributed by atoms with Gasteiger partial charge in [-0.3, -0.25) is 9.59 Å². The van der Waals surface area contributed by atoms with Crippen molar-refractivity contribution in [2.75, 3.05) is 6.61 Å². The number of benzene rings is 1. The maximum Gasteiger partial charge on any atom is 0.450 e. The number of carbonyl (C=O) groups is 2. The molecule has 0 saturated heterocycles. The Kier molecular flexibility index (Phi) is 6.21. The third-order valence-corrected chi connectivity index (χ3v) is 3.00. The molecular weight excluding hydrogens is 305 g/mol. The number of rotatable bonds is 7. The Morgan fingerprint density at radius 1 is 1.09 bits per heavy atom. The fraction of sp³-hybridized carbons (Fsp3) is 0.429. The lowest BCUT2D eigenvalue weighted by molar-refractivity contribution is -0.170. The number of alkyl halides is 3. The zero-order valence-corrected chi connectivity index (χ0v) is 11.4. The van der Waals surface area contributed by atoms with Crippen molar-refractivity contribution in [1.82, 2.24) is 0 Å². The lowest BCUT2D eigenvalue weighted by atomic mass is 9.99. The molecule has 122 valence electrons. The smallest absolute Gasteiger partial charge is 0.396 e. The van der Waals surface area contributed by atoms with E-state index in [9.17, 15) is 33.0 Å². The summed E-state index contributed by atoms with van der Waals surface area (Å²) < 4.78 is 36.2. The summed E-state index contributed by atoms with van der Waals surface area (Å²) in [5, 5.41) is 27.9. The Labute approximate surface area is 124 Å². The van der Waals surface area contributed by atoms with E-state index in [0.29, 0.717) is 0 Å². The van der Waals surface area contributed by atoms with Crippen LogP contribution in [0.5, 0.6) is 0 Å². The Balaban J connectivity index is 2.76. The Morgan fingerprint density at radius 2 is 1.64 bits per heavy atom. The molecule has 8 heteroatoms. The minimum absolute atomic E-state index is 0.0536. The van der Waals surface area contributed by atoms with Crippen molar-refractivity contribution in [2.24, 2.45) is 0 Å². The molecule has 0 aromatic heterocycles. The van der Waals surface area contributed by atoms with Crippen molar-refractivity contribution in [3.05, 3.63) is 35.4 Å². The van der Waals surface area contributed by atoms with Crippen LogP contribution in [0.3, 0.4) is 0 Å². The molecule has 0 heterocycles. The average Bonchev–Trinajstić information content (AvgIpc) is 2.45. The van der Waals surface area contributed by atoms with Crippen LogP contribution >= 0.6 is 0 Å². The summed E-state index contributed by atoms with van der Waals surface area (Å²) in [5.41, 5.74) is 0.129. The van der Waals surface area contributed by atoms with E-state index >= 15 is 0 Å². The molecule has 1 rings (SSSR count). The largest absolute Gasteiger partial charge is 0.450 e. The minimum Gasteiger partial charge on any atom is -0.396 e. The van der Waals surface area contributed by atoms with Crippen molar-refractivity contribution in [1.29, 1.82) is 0 Å². The summed E-state index contributed by atoms with van der Waals surface area (Å²) in [4.78, 5) is 22.3. The summed E-state index contributed by atoms with van der Waals surface area (Å²) in [7, 11) is 0. The van der Waals surface area contributed by atoms with E-state index in [1.807, 2.05) is 0 Å². The van der Waals surface area contributed by atoms with Gasteiger partial charge in [0, 0.05) is 12.2 Å². The van der Waals surface area contributed by atoms with Crippen LogP contribution in [0.2, 0.25) is 0 Å². The second kappa shape index (κ2) is 7.48. The number of carbonyl (C=O) groups excluding carboxylic acids is 2. The Morgan fingerprint density at radius 3 is 2.09 bits per heavy atom. The highest BCUT2D eigenvalue weighted by Gasteiger charge is 2.39. The van der Waals surface area contributed by atoms with Gasteiger partial charge in [0.1, 0.15) is 6.10 Å². The Hall–Kier alpha value is -1.77. The third kappa shape index (κ3) is 4.90. The highest BCUT2D eigenvalue weighted by molar-refractivity contribution is 6.09. The lowest BCUT2D eigenvalue weighted by Crippen LogP contribution is -2.25. The van der Waals surface area contributed by atoms with Gasteiger partial charge in [-0.25, -0.2) is 0 Å². The molecule has 0 bridgehead atoms. The van der Waals surface area contributed by atoms with Crippen LogP contribution in [0.4, 0.5) is 13.2 Å². The van der Waals surface area contributed by atoms with Crippen LogP contribution in [-0.2, 0) is 4.79 Å². The molecule has 0 radical (unpaired) electrons. The molecule has 2 atom stereocenters. The van der Waals surface area contributed by atoms with Crippen LogP contribution < -0.4 is 0 Å². The quantitative estimate of drug-likeness (QED) is 0.518. The number of hydrogen-bond acceptors (Lipinski definition) is 5. The Bertz CT molecular complexity index is 524. The van der Waals surface area contributed by atoms with Gasteiger partial charge in [-0.2, -0.15) is 13.2 Å². The zero-order chi connectivity index (χ0) is 16.9. The maximum atomic E-state index is 12.1. The summed E-state index contributed by atoms with van der Waals surface area (Å²) in [6, 6.07) is 4.85. The standard InChI is InChI=1S/C14H15F3O5/c15-14(16,17)12(21)7-11(20)8-1-3-9(4-2-8)13(22)10(19)5-6-18/h1-4,10,13,18-19,22H,5-7H2. The first-order chi connectivity index (χ1) is 10.2. The second-order valence-corrected chi connectivity index (χ2v) is 4.67. The zero-order valence-electron chi connectivity index (χ0n) is 11.4. The predicted octanol–water partition coefficient (Wildman–Crippen LogP) is 1.17. The van der Waals surface area contributed by atoms with Gasteiger partial charge in [-0.1, -0.05) is 24.3 Å². The molecular formula is C14H15F3O5. The molecule has 0 saturated carbocycles. The van der Waals surface area contributed by atoms with E-state index in [0.717, 1.165) is 12.1 Å². The van der Waals surface area contributed by atoms with Crippen LogP contribution in [-0.4, -0.2) is 45.8 Å². The topological polar surface area (TPSA) is 94.8 Å². The van der Waals surface area contributed by atoms with Gasteiger partial charge >= 0.3 is 6.18 Å². The van der Waals surface area contributed by atoms with E-state index in [1.165, 1.54) is 12.1 Å². The normalized spacial score (nSPS) is 14.5. The predicted molar refractivity (Wildman–Crippen MR) is 69.1 cm³/mol. The van der Waals surface area contributed by atoms with Crippen LogP contribution in [0.1, 0.15) is 34.9 Å². The van der Waals surface area contributed by atoms with E-state index in [2.05, 4.69) is 0 Å². The monoisotopic (exact) mass is 320 g/mol. The number of halogens is 3. The van der Waals surface area contributed by atoms with Crippen LogP contribution in [0.25, 0.3) is 0 Å². The van der Waals surface area contributed by atoms with E-state index in [-0.39, 0.29) is 24.2 Å². The summed E-state index contributed by atoms with van der Waals surface area (Å²) in [5.74, 6) is -3.11. The lowest BCUT2D eigenvalue weighted by Gasteiger charge is -2.17. The summed E-state index contributed by atoms with van der Waals surface area (Å²) in [6.45, 7) is -0.325. The van der Waals surface area contributed by atoms with E-state index in [4.69, 9.17) is 5.11 Å². The molecule has 0 fully saturated rings. The first kappa shape index (κ1) is 18.3. The van der Waals surface area contributed by atoms with Gasteiger partial charge in [0.05, 0.1) is 12.5 Å². The summed E-state index contributed by atoms with van der Waals surface area (Å²) in [6.07, 6.45) is -8.90. The number of aliphatic hydroxyl groups excluding tert-OH is 3. The molecule has 1 aromatic rings. The molecule has 5 nitrogen and oxygen atoms in total. The highest BCUT2D eigenvalue weighted by atomic mass is 19.4. The first-order valence-electron chi connectivity index (χ1n) is 6.37. The van der Waals surface area contributed by atoms with Gasteiger partial charge in [0.2, 0.25) is 5.78 Å². The molecule has 0 amide bonds. The number of Topliss-reactive ketones (excluding diaryl/α,β-unsaturated/α-hetero) is 2. The molecule has 0 spiro atoms. The van der Waals surface area contributed by atoms with E-state index in [1.54, 1.807) is 0 Å². The molecule has 0 aliphatic carbocycles. The van der Waals surface area contributed by atoms with Gasteiger partial charge in [0.15, 0.2) is 5.78 Å². The van der Waals surface area contributed by atoms with Crippen molar-refractivity contribution >= 4 is 11.6 Å². The first-order valence-corrected chi connectivity index (χ1v) is 6.37. The van der Waals surface area contributed by atoms with Crippen LogP contribution in [0, 0.1) is 0 Å². The summed E-state index contributed by atoms with van der Waals surface area (Å²) >= 11 is 0. The van der Waals surface area contributed by atoms with Crippen molar-refractivity contribution in [2.45, 2.75) is 31.2 Å². The third-order valence-electron chi connectivity index (χ3n) is 3.00. The molecule has 1 aromatic carbocycles.